The van der Waals surface area contributed by atoms with Crippen LogP contribution >= 0.6 is 0 Å². The van der Waals surface area contributed by atoms with Crippen molar-refractivity contribution in [2.75, 3.05) is 23.3 Å². The molecule has 8 nitrogen and oxygen atoms in total. The molecule has 1 aliphatic rings. The highest BCUT2D eigenvalue weighted by Gasteiger charge is 2.18. The number of aryl methyl sites for hydroxylation is 1. The summed E-state index contributed by atoms with van der Waals surface area (Å²) < 4.78 is 1.83. The van der Waals surface area contributed by atoms with E-state index < -0.39 is 0 Å². The lowest BCUT2D eigenvalue weighted by Crippen LogP contribution is -2.35. The van der Waals surface area contributed by atoms with Crippen LogP contribution in [0, 0.1) is 6.92 Å². The first kappa shape index (κ1) is 27.6. The molecule has 1 saturated heterocycles. The minimum atomic E-state index is -0.219. The molecule has 7 rings (SSSR count). The van der Waals surface area contributed by atoms with E-state index in [0.717, 1.165) is 70.4 Å². The fourth-order valence-electron chi connectivity index (χ4n) is 5.98. The van der Waals surface area contributed by atoms with Crippen LogP contribution < -0.4 is 10.2 Å². The number of aliphatic hydroxyl groups is 1. The Morgan fingerprint density at radius 1 is 0.864 bits per heavy atom. The summed E-state index contributed by atoms with van der Waals surface area (Å²) in [7, 11) is 0. The number of nitrogens with one attached hydrogen (secondary N) is 2. The number of carbonyl (C=O) groups excluding carboxylic acids is 2. The maximum absolute atomic E-state index is 13.0. The number of hydrogen-bond donors (Lipinski definition) is 3. The van der Waals surface area contributed by atoms with Gasteiger partial charge in [0.1, 0.15) is 0 Å². The average Bonchev–Trinajstić information content (AvgIpc) is 3.63. The summed E-state index contributed by atoms with van der Waals surface area (Å²) in [5.41, 5.74) is 7.89. The van der Waals surface area contributed by atoms with Gasteiger partial charge in [-0.25, -0.2) is 4.68 Å². The van der Waals surface area contributed by atoms with Gasteiger partial charge in [0, 0.05) is 58.6 Å². The maximum atomic E-state index is 13.0. The average molecular weight is 584 g/mol. The molecule has 0 spiro atoms. The summed E-state index contributed by atoms with van der Waals surface area (Å²) >= 11 is 0. The van der Waals surface area contributed by atoms with Crippen molar-refractivity contribution in [3.8, 4) is 5.69 Å². The van der Waals surface area contributed by atoms with Gasteiger partial charge in [-0.3, -0.25) is 9.59 Å². The van der Waals surface area contributed by atoms with Gasteiger partial charge >= 0.3 is 0 Å². The first-order chi connectivity index (χ1) is 21.4. The van der Waals surface area contributed by atoms with Crippen molar-refractivity contribution in [1.82, 2.24) is 14.8 Å². The lowest BCUT2D eigenvalue weighted by Gasteiger charge is -2.31. The number of aromatic amines is 1. The zero-order valence-corrected chi connectivity index (χ0v) is 24.5. The van der Waals surface area contributed by atoms with Crippen molar-refractivity contribution in [2.45, 2.75) is 32.3 Å². The van der Waals surface area contributed by atoms with Crippen LogP contribution in [-0.2, 0) is 6.42 Å². The quantitative estimate of drug-likeness (QED) is 0.187. The highest BCUT2D eigenvalue weighted by molar-refractivity contribution is 6.05. The molecule has 6 aromatic rings. The number of piperidine rings is 1. The molecular formula is C36H33N5O3. The summed E-state index contributed by atoms with van der Waals surface area (Å²) in [6.07, 6.45) is 3.42. The molecule has 220 valence electrons. The standard InChI is InChI=1S/C36H33N5O3/c1-23-18-27-19-24(2-12-33(27)38-23)20-35(43)25-3-10-31(11-4-25)41-34-13-7-29(21-28(34)22-37-41)39-36(44)26-5-8-30(9-6-26)40-16-14-32(42)15-17-40/h2-13,18-19,21-22,32,38,42H,14-17,20H2,1H3,(H,39,44). The second kappa shape index (κ2) is 11.5. The maximum Gasteiger partial charge on any atom is 0.255 e. The monoisotopic (exact) mass is 583 g/mol. The number of carbonyl (C=O) groups is 2. The van der Waals surface area contributed by atoms with Crippen LogP contribution in [0.1, 0.15) is 44.8 Å². The third kappa shape index (κ3) is 5.59. The van der Waals surface area contributed by atoms with Gasteiger partial charge in [0.15, 0.2) is 5.78 Å². The SMILES string of the molecule is Cc1cc2cc(CC(=O)c3ccc(-n4ncc5cc(NC(=O)c6ccc(N7CCC(O)CC7)cc6)ccc54)cc3)ccc2[nH]1. The minimum absolute atomic E-state index is 0.0647. The number of H-pyrrole nitrogens is 1. The number of aromatic nitrogens is 3. The zero-order valence-electron chi connectivity index (χ0n) is 24.5. The molecular weight excluding hydrogens is 550 g/mol. The van der Waals surface area contributed by atoms with E-state index in [1.807, 2.05) is 90.5 Å². The van der Waals surface area contributed by atoms with Gasteiger partial charge in [-0.05, 0) is 116 Å². The lowest BCUT2D eigenvalue weighted by molar-refractivity contribution is 0.0991. The first-order valence-electron chi connectivity index (χ1n) is 14.9. The number of hydrogen-bond acceptors (Lipinski definition) is 5. The smallest absolute Gasteiger partial charge is 0.255 e. The Labute approximate surface area is 254 Å². The highest BCUT2D eigenvalue weighted by Crippen LogP contribution is 2.25. The van der Waals surface area contributed by atoms with Crippen LogP contribution in [-0.4, -0.2) is 50.8 Å². The van der Waals surface area contributed by atoms with Gasteiger partial charge < -0.3 is 20.3 Å². The summed E-state index contributed by atoms with van der Waals surface area (Å²) in [5.74, 6) is -0.115. The molecule has 1 fully saturated rings. The van der Waals surface area contributed by atoms with Crippen LogP contribution in [0.5, 0.6) is 0 Å². The Hall–Kier alpha value is -5.21. The topological polar surface area (TPSA) is 103 Å². The Balaban J connectivity index is 1.01. The number of aliphatic hydroxyl groups excluding tert-OH is 1. The van der Waals surface area contributed by atoms with Crippen molar-refractivity contribution >= 4 is 44.9 Å². The molecule has 1 aliphatic heterocycles. The van der Waals surface area contributed by atoms with Crippen molar-refractivity contribution in [2.24, 2.45) is 0 Å². The largest absolute Gasteiger partial charge is 0.393 e. The molecule has 0 unspecified atom stereocenters. The second-order valence-corrected chi connectivity index (χ2v) is 11.6. The number of nitrogens with zero attached hydrogens (tertiary/aromatic N) is 3. The van der Waals surface area contributed by atoms with Crippen LogP contribution in [0.25, 0.3) is 27.5 Å². The molecule has 0 saturated carbocycles. The third-order valence-corrected chi connectivity index (χ3v) is 8.40. The minimum Gasteiger partial charge on any atom is -0.393 e. The summed E-state index contributed by atoms with van der Waals surface area (Å²) in [6, 6.07) is 29.0. The molecule has 2 aromatic heterocycles. The molecule has 0 radical (unpaired) electrons. The normalized spacial score (nSPS) is 13.9. The number of amides is 1. The van der Waals surface area contributed by atoms with E-state index in [1.54, 1.807) is 6.20 Å². The second-order valence-electron chi connectivity index (χ2n) is 11.6. The molecule has 8 heteroatoms. The predicted octanol–water partition coefficient (Wildman–Crippen LogP) is 6.45. The van der Waals surface area contributed by atoms with E-state index in [2.05, 4.69) is 32.4 Å². The Kier molecular flexibility index (Phi) is 7.20. The number of anilines is 2. The van der Waals surface area contributed by atoms with Crippen LogP contribution in [0.4, 0.5) is 11.4 Å². The molecule has 44 heavy (non-hydrogen) atoms. The Morgan fingerprint density at radius 2 is 1.59 bits per heavy atom. The number of fused-ring (bicyclic) bond motifs is 2. The van der Waals surface area contributed by atoms with E-state index in [1.165, 1.54) is 0 Å². The molecule has 0 atom stereocenters. The van der Waals surface area contributed by atoms with E-state index >= 15 is 0 Å². The third-order valence-electron chi connectivity index (χ3n) is 8.40. The van der Waals surface area contributed by atoms with Gasteiger partial charge in [-0.2, -0.15) is 5.10 Å². The van der Waals surface area contributed by atoms with E-state index in [-0.39, 0.29) is 17.8 Å². The number of rotatable bonds is 7. The predicted molar refractivity (Wildman–Crippen MR) is 174 cm³/mol. The summed E-state index contributed by atoms with van der Waals surface area (Å²) in [4.78, 5) is 31.5. The van der Waals surface area contributed by atoms with Gasteiger partial charge in [-0.15, -0.1) is 0 Å². The molecule has 3 N–H and O–H groups in total. The molecule has 0 aliphatic carbocycles. The van der Waals surface area contributed by atoms with Crippen molar-refractivity contribution in [3.05, 3.63) is 120 Å². The van der Waals surface area contributed by atoms with Crippen LogP contribution in [0.15, 0.2) is 97.2 Å². The summed E-state index contributed by atoms with van der Waals surface area (Å²) in [6.45, 7) is 3.65. The fourth-order valence-corrected chi connectivity index (χ4v) is 5.98. The van der Waals surface area contributed by atoms with Crippen LogP contribution in [0.3, 0.4) is 0 Å². The molecule has 0 bridgehead atoms. The molecule has 3 heterocycles. The van der Waals surface area contributed by atoms with E-state index in [9.17, 15) is 14.7 Å². The number of benzene rings is 4. The molecule has 4 aromatic carbocycles. The Bertz CT molecular complexity index is 1980. The van der Waals surface area contributed by atoms with E-state index in [0.29, 0.717) is 23.2 Å². The number of ketones is 1. The summed E-state index contributed by atoms with van der Waals surface area (Å²) in [5, 5.41) is 19.3. The lowest BCUT2D eigenvalue weighted by atomic mass is 10.0. The van der Waals surface area contributed by atoms with Crippen molar-refractivity contribution in [1.29, 1.82) is 0 Å². The van der Waals surface area contributed by atoms with Crippen LogP contribution in [0.2, 0.25) is 0 Å². The van der Waals surface area contributed by atoms with Gasteiger partial charge in [0.25, 0.3) is 5.91 Å². The van der Waals surface area contributed by atoms with Gasteiger partial charge in [0.05, 0.1) is 23.5 Å². The van der Waals surface area contributed by atoms with Gasteiger partial charge in [0.2, 0.25) is 0 Å². The zero-order chi connectivity index (χ0) is 30.2. The highest BCUT2D eigenvalue weighted by atomic mass is 16.3. The van der Waals surface area contributed by atoms with Gasteiger partial charge in [-0.1, -0.05) is 6.07 Å². The van der Waals surface area contributed by atoms with Crippen molar-refractivity contribution < 1.29 is 14.7 Å². The first-order valence-corrected chi connectivity index (χ1v) is 14.9. The Morgan fingerprint density at radius 3 is 2.36 bits per heavy atom. The molecule has 1 amide bonds. The van der Waals surface area contributed by atoms with E-state index in [4.69, 9.17) is 0 Å². The number of Topliss-reactive ketones (excluding diaryl/α,β-unsaturated/α-hetero) is 1. The fraction of sp³-hybridized carbons (Fsp3) is 0.194. The van der Waals surface area contributed by atoms with Crippen molar-refractivity contribution in [3.63, 3.8) is 0 Å².